The van der Waals surface area contributed by atoms with E-state index in [2.05, 4.69) is 17.4 Å². The van der Waals surface area contributed by atoms with Gasteiger partial charge in [0.2, 0.25) is 0 Å². The second-order valence-corrected chi connectivity index (χ2v) is 4.79. The highest BCUT2D eigenvalue weighted by Crippen LogP contribution is 2.23. The number of carbonyl (C=O) groups is 1. The first-order valence-electron chi connectivity index (χ1n) is 6.90. The van der Waals surface area contributed by atoms with Crippen molar-refractivity contribution in [3.05, 3.63) is 60.2 Å². The minimum atomic E-state index is -0.143. The van der Waals surface area contributed by atoms with Crippen molar-refractivity contribution in [3.63, 3.8) is 0 Å². The SMILES string of the molecule is COc1ccccc1NC(=O)N(C)CCc1ccccc1. The molecule has 0 aromatic heterocycles. The average Bonchev–Trinajstić information content (AvgIpc) is 2.54. The number of anilines is 1. The maximum absolute atomic E-state index is 12.2. The largest absolute Gasteiger partial charge is 0.495 e. The quantitative estimate of drug-likeness (QED) is 0.914. The van der Waals surface area contributed by atoms with E-state index < -0.39 is 0 Å². The number of methoxy groups -OCH3 is 1. The number of amides is 2. The highest BCUT2D eigenvalue weighted by molar-refractivity contribution is 5.90. The molecule has 0 radical (unpaired) electrons. The summed E-state index contributed by atoms with van der Waals surface area (Å²) in [6, 6.07) is 17.3. The number of likely N-dealkylation sites (N-methyl/N-ethyl adjacent to an activating group) is 1. The molecule has 2 amide bonds. The molecule has 0 fully saturated rings. The number of nitrogens with one attached hydrogen (secondary N) is 1. The van der Waals surface area contributed by atoms with Crippen LogP contribution in [0.5, 0.6) is 5.75 Å². The Labute approximate surface area is 125 Å². The van der Waals surface area contributed by atoms with Gasteiger partial charge in [-0.15, -0.1) is 0 Å². The molecule has 0 spiro atoms. The zero-order valence-corrected chi connectivity index (χ0v) is 12.4. The molecule has 0 atom stereocenters. The fourth-order valence-corrected chi connectivity index (χ4v) is 2.00. The van der Waals surface area contributed by atoms with Gasteiger partial charge in [-0.1, -0.05) is 42.5 Å². The zero-order valence-electron chi connectivity index (χ0n) is 12.4. The van der Waals surface area contributed by atoms with Crippen molar-refractivity contribution >= 4 is 11.7 Å². The summed E-state index contributed by atoms with van der Waals surface area (Å²) in [6.45, 7) is 0.658. The summed E-state index contributed by atoms with van der Waals surface area (Å²) in [5, 5.41) is 2.86. The Balaban J connectivity index is 1.90. The number of hydrogen-bond donors (Lipinski definition) is 1. The lowest BCUT2D eigenvalue weighted by Crippen LogP contribution is -2.33. The predicted molar refractivity (Wildman–Crippen MR) is 84.8 cm³/mol. The first kappa shape index (κ1) is 14.9. The van der Waals surface area contributed by atoms with E-state index in [1.807, 2.05) is 42.5 Å². The fourth-order valence-electron chi connectivity index (χ4n) is 2.00. The number of nitrogens with zero attached hydrogens (tertiary/aromatic N) is 1. The predicted octanol–water partition coefficient (Wildman–Crippen LogP) is 3.40. The number of ether oxygens (including phenoxy) is 1. The van der Waals surface area contributed by atoms with Gasteiger partial charge in [0.1, 0.15) is 5.75 Å². The topological polar surface area (TPSA) is 41.6 Å². The van der Waals surface area contributed by atoms with Crippen LogP contribution in [-0.4, -0.2) is 31.6 Å². The smallest absolute Gasteiger partial charge is 0.321 e. The Morgan fingerprint density at radius 2 is 1.76 bits per heavy atom. The maximum atomic E-state index is 12.2. The summed E-state index contributed by atoms with van der Waals surface area (Å²) in [5.74, 6) is 0.655. The highest BCUT2D eigenvalue weighted by Gasteiger charge is 2.11. The molecule has 2 aromatic carbocycles. The van der Waals surface area contributed by atoms with Crippen molar-refractivity contribution in [1.29, 1.82) is 0 Å². The number of carbonyl (C=O) groups excluding carboxylic acids is 1. The summed E-state index contributed by atoms with van der Waals surface area (Å²) in [6.07, 6.45) is 0.830. The summed E-state index contributed by atoms with van der Waals surface area (Å²) in [5.41, 5.74) is 1.89. The molecule has 0 saturated carbocycles. The Hall–Kier alpha value is -2.49. The second kappa shape index (κ2) is 7.33. The Kier molecular flexibility index (Phi) is 5.21. The van der Waals surface area contributed by atoms with Gasteiger partial charge in [0, 0.05) is 13.6 Å². The number of para-hydroxylation sites is 2. The standard InChI is InChI=1S/C17H20N2O2/c1-19(13-12-14-8-4-3-5-9-14)17(20)18-15-10-6-7-11-16(15)21-2/h3-11H,12-13H2,1-2H3,(H,18,20). The Morgan fingerprint density at radius 3 is 2.48 bits per heavy atom. The summed E-state index contributed by atoms with van der Waals surface area (Å²) < 4.78 is 5.22. The molecule has 2 rings (SSSR count). The molecule has 110 valence electrons. The Morgan fingerprint density at radius 1 is 1.10 bits per heavy atom. The van der Waals surface area contributed by atoms with Crippen LogP contribution in [0.15, 0.2) is 54.6 Å². The van der Waals surface area contributed by atoms with Crippen LogP contribution in [0, 0.1) is 0 Å². The van der Waals surface area contributed by atoms with E-state index in [4.69, 9.17) is 4.74 Å². The first-order chi connectivity index (χ1) is 10.2. The molecule has 0 aliphatic carbocycles. The third-order valence-corrected chi connectivity index (χ3v) is 3.27. The van der Waals surface area contributed by atoms with Crippen LogP contribution in [0.1, 0.15) is 5.56 Å². The van der Waals surface area contributed by atoms with Crippen molar-refractivity contribution in [1.82, 2.24) is 4.90 Å². The van der Waals surface area contributed by atoms with E-state index in [0.717, 1.165) is 6.42 Å². The molecular weight excluding hydrogens is 264 g/mol. The minimum Gasteiger partial charge on any atom is -0.495 e. The lowest BCUT2D eigenvalue weighted by atomic mass is 10.1. The summed E-state index contributed by atoms with van der Waals surface area (Å²) in [4.78, 5) is 13.8. The van der Waals surface area contributed by atoms with E-state index >= 15 is 0 Å². The van der Waals surface area contributed by atoms with Crippen molar-refractivity contribution in [2.45, 2.75) is 6.42 Å². The normalized spacial score (nSPS) is 10.0. The van der Waals surface area contributed by atoms with E-state index in [1.165, 1.54) is 5.56 Å². The Bertz CT molecular complexity index is 584. The second-order valence-electron chi connectivity index (χ2n) is 4.79. The van der Waals surface area contributed by atoms with Gasteiger partial charge in [-0.05, 0) is 24.1 Å². The molecule has 0 aliphatic heterocycles. The molecule has 0 bridgehead atoms. The number of urea groups is 1. The molecule has 4 heteroatoms. The monoisotopic (exact) mass is 284 g/mol. The highest BCUT2D eigenvalue weighted by atomic mass is 16.5. The van der Waals surface area contributed by atoms with Crippen LogP contribution in [0.2, 0.25) is 0 Å². The van der Waals surface area contributed by atoms with E-state index in [1.54, 1.807) is 19.1 Å². The molecule has 0 saturated heterocycles. The van der Waals surface area contributed by atoms with E-state index in [-0.39, 0.29) is 6.03 Å². The molecule has 2 aromatic rings. The van der Waals surface area contributed by atoms with Crippen LogP contribution in [0.4, 0.5) is 10.5 Å². The molecule has 4 nitrogen and oxygen atoms in total. The number of hydrogen-bond acceptors (Lipinski definition) is 2. The molecular formula is C17H20N2O2. The van der Waals surface area contributed by atoms with Crippen molar-refractivity contribution in [3.8, 4) is 5.75 Å². The average molecular weight is 284 g/mol. The van der Waals surface area contributed by atoms with Gasteiger partial charge in [0.05, 0.1) is 12.8 Å². The molecule has 0 unspecified atom stereocenters. The first-order valence-corrected chi connectivity index (χ1v) is 6.90. The maximum Gasteiger partial charge on any atom is 0.321 e. The summed E-state index contributed by atoms with van der Waals surface area (Å²) >= 11 is 0. The van der Waals surface area contributed by atoms with Gasteiger partial charge in [-0.3, -0.25) is 0 Å². The number of rotatable bonds is 5. The van der Waals surface area contributed by atoms with Crippen LogP contribution in [0.3, 0.4) is 0 Å². The van der Waals surface area contributed by atoms with Gasteiger partial charge in [0.15, 0.2) is 0 Å². The van der Waals surface area contributed by atoms with Crippen LogP contribution < -0.4 is 10.1 Å². The molecule has 0 aliphatic rings. The fraction of sp³-hybridized carbons (Fsp3) is 0.235. The van der Waals surface area contributed by atoms with Crippen molar-refractivity contribution in [2.24, 2.45) is 0 Å². The summed E-state index contributed by atoms with van der Waals surface area (Å²) in [7, 11) is 3.37. The van der Waals surface area contributed by atoms with Gasteiger partial charge >= 0.3 is 6.03 Å². The van der Waals surface area contributed by atoms with Gasteiger partial charge in [0.25, 0.3) is 0 Å². The minimum absolute atomic E-state index is 0.143. The lowest BCUT2D eigenvalue weighted by Gasteiger charge is -2.19. The lowest BCUT2D eigenvalue weighted by molar-refractivity contribution is 0.223. The molecule has 1 N–H and O–H groups in total. The van der Waals surface area contributed by atoms with Gasteiger partial charge < -0.3 is 15.0 Å². The van der Waals surface area contributed by atoms with Crippen LogP contribution >= 0.6 is 0 Å². The third kappa shape index (κ3) is 4.24. The number of benzene rings is 2. The molecule has 21 heavy (non-hydrogen) atoms. The van der Waals surface area contributed by atoms with Crippen LogP contribution in [-0.2, 0) is 6.42 Å². The van der Waals surface area contributed by atoms with Gasteiger partial charge in [-0.25, -0.2) is 4.79 Å². The zero-order chi connectivity index (χ0) is 15.1. The van der Waals surface area contributed by atoms with Crippen molar-refractivity contribution < 1.29 is 9.53 Å². The van der Waals surface area contributed by atoms with Crippen LogP contribution in [0.25, 0.3) is 0 Å². The van der Waals surface area contributed by atoms with E-state index in [9.17, 15) is 4.79 Å². The van der Waals surface area contributed by atoms with E-state index in [0.29, 0.717) is 18.0 Å². The van der Waals surface area contributed by atoms with Gasteiger partial charge in [-0.2, -0.15) is 0 Å². The third-order valence-electron chi connectivity index (χ3n) is 3.27. The van der Waals surface area contributed by atoms with Crippen molar-refractivity contribution in [2.75, 3.05) is 26.0 Å². The molecule has 0 heterocycles.